The summed E-state index contributed by atoms with van der Waals surface area (Å²) in [5, 5.41) is 13.4. The molecule has 3 heteroatoms. The maximum absolute atomic E-state index is 12.9. The summed E-state index contributed by atoms with van der Waals surface area (Å²) in [6.45, 7) is 0. The number of rotatable bonds is 2. The first kappa shape index (κ1) is 11.6. The van der Waals surface area contributed by atoms with Crippen molar-refractivity contribution in [2.24, 2.45) is 0 Å². The molecule has 1 aliphatic rings. The average molecular weight is 223 g/mol. The molecule has 0 saturated heterocycles. The van der Waals surface area contributed by atoms with Crippen molar-refractivity contribution in [3.63, 3.8) is 0 Å². The smallest absolute Gasteiger partial charge is 0.123 e. The van der Waals surface area contributed by atoms with Gasteiger partial charge in [0, 0.05) is 0 Å². The fraction of sp³-hybridized carbons (Fsp3) is 0.538. The Morgan fingerprint density at radius 2 is 2.00 bits per heavy atom. The van der Waals surface area contributed by atoms with Crippen LogP contribution in [0.3, 0.4) is 0 Å². The molecule has 2 nitrogen and oxygen atoms in total. The summed E-state index contributed by atoms with van der Waals surface area (Å²) in [5.74, 6) is -0.236. The van der Waals surface area contributed by atoms with E-state index in [1.165, 1.54) is 12.1 Å². The van der Waals surface area contributed by atoms with Gasteiger partial charge in [-0.15, -0.1) is 0 Å². The van der Waals surface area contributed by atoms with E-state index in [2.05, 4.69) is 5.32 Å². The number of likely N-dealkylation sites (N-methyl/N-ethyl adjacent to an activating group) is 1. The summed E-state index contributed by atoms with van der Waals surface area (Å²) in [4.78, 5) is 0. The van der Waals surface area contributed by atoms with Gasteiger partial charge in [-0.1, -0.05) is 25.0 Å². The van der Waals surface area contributed by atoms with Crippen molar-refractivity contribution in [1.82, 2.24) is 5.32 Å². The third-order valence-corrected chi connectivity index (χ3v) is 3.67. The van der Waals surface area contributed by atoms with E-state index in [-0.39, 0.29) is 5.82 Å². The number of halogens is 1. The first-order valence-corrected chi connectivity index (χ1v) is 5.82. The summed E-state index contributed by atoms with van der Waals surface area (Å²) in [5.41, 5.74) is 0.579. The summed E-state index contributed by atoms with van der Waals surface area (Å²) in [6, 6.07) is 6.44. The highest BCUT2D eigenvalue weighted by Gasteiger charge is 2.39. The zero-order valence-corrected chi connectivity index (χ0v) is 9.54. The Kier molecular flexibility index (Phi) is 3.26. The van der Waals surface area contributed by atoms with E-state index in [9.17, 15) is 9.50 Å². The molecule has 0 bridgehead atoms. The number of hydrogen-bond donors (Lipinski definition) is 2. The quantitative estimate of drug-likeness (QED) is 0.805. The highest BCUT2D eigenvalue weighted by Crippen LogP contribution is 2.37. The van der Waals surface area contributed by atoms with E-state index in [0.717, 1.165) is 31.2 Å². The summed E-state index contributed by atoms with van der Waals surface area (Å²) < 4.78 is 12.9. The van der Waals surface area contributed by atoms with Crippen LogP contribution in [0.15, 0.2) is 24.3 Å². The Balaban J connectivity index is 2.36. The fourth-order valence-corrected chi connectivity index (χ4v) is 2.67. The maximum Gasteiger partial charge on any atom is 0.123 e. The van der Waals surface area contributed by atoms with Crippen molar-refractivity contribution < 1.29 is 9.50 Å². The van der Waals surface area contributed by atoms with E-state index in [1.54, 1.807) is 12.1 Å². The molecule has 1 saturated carbocycles. The van der Waals surface area contributed by atoms with Crippen LogP contribution in [0.5, 0.6) is 0 Å². The standard InChI is InChI=1S/C13H18FNO/c1-15-13(9-3-2-4-12(13)16)10-5-7-11(14)8-6-10/h5-8,12,15-16H,2-4,9H2,1H3/t12?,13-/m0/s1. The Morgan fingerprint density at radius 1 is 1.31 bits per heavy atom. The second kappa shape index (κ2) is 4.52. The number of nitrogens with one attached hydrogen (secondary N) is 1. The first-order chi connectivity index (χ1) is 7.69. The average Bonchev–Trinajstić information content (AvgIpc) is 2.31. The number of aliphatic hydroxyl groups excluding tert-OH is 1. The molecule has 0 aromatic heterocycles. The number of benzene rings is 1. The second-order valence-electron chi connectivity index (χ2n) is 4.49. The molecular weight excluding hydrogens is 205 g/mol. The van der Waals surface area contributed by atoms with Crippen LogP contribution in [-0.4, -0.2) is 18.3 Å². The van der Waals surface area contributed by atoms with Gasteiger partial charge in [0.2, 0.25) is 0 Å². The largest absolute Gasteiger partial charge is 0.391 e. The molecule has 0 aliphatic heterocycles. The second-order valence-corrected chi connectivity index (χ2v) is 4.49. The molecule has 16 heavy (non-hydrogen) atoms. The van der Waals surface area contributed by atoms with Crippen molar-refractivity contribution in [3.8, 4) is 0 Å². The Morgan fingerprint density at radius 3 is 2.56 bits per heavy atom. The zero-order valence-electron chi connectivity index (χ0n) is 9.54. The van der Waals surface area contributed by atoms with Gasteiger partial charge in [0.25, 0.3) is 0 Å². The Bertz CT molecular complexity index is 351. The van der Waals surface area contributed by atoms with Gasteiger partial charge < -0.3 is 10.4 Å². The van der Waals surface area contributed by atoms with Crippen LogP contribution in [0.4, 0.5) is 4.39 Å². The lowest BCUT2D eigenvalue weighted by molar-refractivity contribution is 0.0252. The summed E-state index contributed by atoms with van der Waals surface area (Å²) in [7, 11) is 1.86. The molecule has 88 valence electrons. The molecule has 1 aromatic carbocycles. The molecule has 2 rings (SSSR count). The van der Waals surface area contributed by atoms with Crippen LogP contribution >= 0.6 is 0 Å². The SMILES string of the molecule is CN[C@]1(c2ccc(F)cc2)CCCCC1O. The highest BCUT2D eigenvalue weighted by atomic mass is 19.1. The van der Waals surface area contributed by atoms with Crippen molar-refractivity contribution >= 4 is 0 Å². The van der Waals surface area contributed by atoms with Crippen molar-refractivity contribution in [1.29, 1.82) is 0 Å². The molecule has 0 spiro atoms. The molecule has 0 radical (unpaired) electrons. The molecule has 0 heterocycles. The van der Waals surface area contributed by atoms with Gasteiger partial charge >= 0.3 is 0 Å². The fourth-order valence-electron chi connectivity index (χ4n) is 2.67. The summed E-state index contributed by atoms with van der Waals surface area (Å²) in [6.07, 6.45) is 3.46. The third kappa shape index (κ3) is 1.85. The predicted octanol–water partition coefficient (Wildman–Crippen LogP) is 2.18. The highest BCUT2D eigenvalue weighted by molar-refractivity contribution is 5.27. The van der Waals surface area contributed by atoms with E-state index < -0.39 is 11.6 Å². The van der Waals surface area contributed by atoms with Gasteiger partial charge in [-0.05, 0) is 37.6 Å². The maximum atomic E-state index is 12.9. The van der Waals surface area contributed by atoms with Gasteiger partial charge in [-0.25, -0.2) is 4.39 Å². The monoisotopic (exact) mass is 223 g/mol. The van der Waals surface area contributed by atoms with Gasteiger partial charge in [0.05, 0.1) is 11.6 Å². The number of hydrogen-bond acceptors (Lipinski definition) is 2. The van der Waals surface area contributed by atoms with Crippen molar-refractivity contribution in [3.05, 3.63) is 35.6 Å². The van der Waals surface area contributed by atoms with Crippen molar-refractivity contribution in [2.75, 3.05) is 7.05 Å². The van der Waals surface area contributed by atoms with Crippen LogP contribution in [-0.2, 0) is 5.54 Å². The molecule has 1 unspecified atom stereocenters. The van der Waals surface area contributed by atoms with E-state index in [0.29, 0.717) is 0 Å². The van der Waals surface area contributed by atoms with Crippen LogP contribution in [0.1, 0.15) is 31.2 Å². The van der Waals surface area contributed by atoms with Crippen LogP contribution in [0.25, 0.3) is 0 Å². The minimum absolute atomic E-state index is 0.236. The molecule has 1 aliphatic carbocycles. The van der Waals surface area contributed by atoms with Gasteiger partial charge in [0.15, 0.2) is 0 Å². The zero-order chi connectivity index (χ0) is 11.6. The van der Waals surface area contributed by atoms with Crippen LogP contribution in [0.2, 0.25) is 0 Å². The normalized spacial score (nSPS) is 30.3. The van der Waals surface area contributed by atoms with Gasteiger partial charge in [0.1, 0.15) is 5.82 Å². The van der Waals surface area contributed by atoms with Gasteiger partial charge in [-0.2, -0.15) is 0 Å². The van der Waals surface area contributed by atoms with E-state index >= 15 is 0 Å². The van der Waals surface area contributed by atoms with E-state index in [4.69, 9.17) is 0 Å². The first-order valence-electron chi connectivity index (χ1n) is 5.82. The van der Waals surface area contributed by atoms with Gasteiger partial charge in [-0.3, -0.25) is 0 Å². The molecule has 1 fully saturated rings. The molecule has 0 amide bonds. The van der Waals surface area contributed by atoms with Crippen molar-refractivity contribution in [2.45, 2.75) is 37.3 Å². The minimum Gasteiger partial charge on any atom is -0.391 e. The van der Waals surface area contributed by atoms with Crippen LogP contribution < -0.4 is 5.32 Å². The number of aliphatic hydroxyl groups is 1. The minimum atomic E-state index is -0.397. The lowest BCUT2D eigenvalue weighted by atomic mass is 9.74. The lowest BCUT2D eigenvalue weighted by Gasteiger charge is -2.42. The summed E-state index contributed by atoms with van der Waals surface area (Å²) >= 11 is 0. The molecule has 2 atom stereocenters. The Hall–Kier alpha value is -0.930. The molecule has 2 N–H and O–H groups in total. The Labute approximate surface area is 95.5 Å². The third-order valence-electron chi connectivity index (χ3n) is 3.67. The van der Waals surface area contributed by atoms with Crippen LogP contribution in [0, 0.1) is 5.82 Å². The predicted molar refractivity (Wildman–Crippen MR) is 61.6 cm³/mol. The molecule has 1 aromatic rings. The molecular formula is C13H18FNO. The van der Waals surface area contributed by atoms with E-state index in [1.807, 2.05) is 7.05 Å². The topological polar surface area (TPSA) is 32.3 Å². The lowest BCUT2D eigenvalue weighted by Crippen LogP contribution is -2.51.